The Balaban J connectivity index is 1.52. The van der Waals surface area contributed by atoms with E-state index in [0.717, 1.165) is 24.0 Å². The maximum Gasteiger partial charge on any atom is 0.226 e. The zero-order valence-corrected chi connectivity index (χ0v) is 16.7. The quantitative estimate of drug-likeness (QED) is 0.751. The SMILES string of the molecule is CC1(C)O[C@@H]2[C@H](O1)[C@@H](CO)O[C@H]2n1ccc2c(NC3CCCC3)nc(Cl)nc21. The molecule has 0 bridgehead atoms. The van der Waals surface area contributed by atoms with Crippen molar-refractivity contribution in [3.63, 3.8) is 0 Å². The molecule has 1 saturated carbocycles. The van der Waals surface area contributed by atoms with Gasteiger partial charge in [0.05, 0.1) is 12.0 Å². The molecule has 152 valence electrons. The van der Waals surface area contributed by atoms with Crippen LogP contribution in [0, 0.1) is 0 Å². The molecule has 9 heteroatoms. The minimum Gasteiger partial charge on any atom is -0.394 e. The van der Waals surface area contributed by atoms with E-state index in [-0.39, 0.29) is 24.1 Å². The molecule has 0 radical (unpaired) electrons. The lowest BCUT2D eigenvalue weighted by atomic mass is 10.1. The number of aliphatic hydroxyl groups is 1. The number of halogens is 1. The molecule has 28 heavy (non-hydrogen) atoms. The van der Waals surface area contributed by atoms with Crippen molar-refractivity contribution in [1.82, 2.24) is 14.5 Å². The average Bonchev–Trinajstić information content (AvgIpc) is 3.38. The number of aromatic nitrogens is 3. The largest absolute Gasteiger partial charge is 0.394 e. The van der Waals surface area contributed by atoms with Crippen LogP contribution in [0.3, 0.4) is 0 Å². The molecule has 2 aromatic rings. The molecule has 2 aliphatic heterocycles. The Hall–Kier alpha value is -1.45. The van der Waals surface area contributed by atoms with Crippen LogP contribution >= 0.6 is 11.6 Å². The fraction of sp³-hybridized carbons (Fsp3) is 0.684. The normalized spacial score (nSPS) is 32.3. The molecule has 0 spiro atoms. The first kappa shape index (κ1) is 18.6. The number of fused-ring (bicyclic) bond motifs is 2. The second-order valence-electron chi connectivity index (χ2n) is 8.24. The van der Waals surface area contributed by atoms with E-state index >= 15 is 0 Å². The third-order valence-corrected chi connectivity index (χ3v) is 5.99. The summed E-state index contributed by atoms with van der Waals surface area (Å²) in [5.74, 6) is 0.0214. The van der Waals surface area contributed by atoms with Gasteiger partial charge in [-0.15, -0.1) is 0 Å². The van der Waals surface area contributed by atoms with Crippen molar-refractivity contribution in [2.24, 2.45) is 0 Å². The summed E-state index contributed by atoms with van der Waals surface area (Å²) in [5, 5.41) is 14.3. The Morgan fingerprint density at radius 3 is 2.75 bits per heavy atom. The van der Waals surface area contributed by atoms with E-state index in [1.54, 1.807) is 0 Å². The van der Waals surface area contributed by atoms with Gasteiger partial charge in [-0.25, -0.2) is 4.98 Å². The molecule has 2 N–H and O–H groups in total. The molecular weight excluding hydrogens is 384 g/mol. The van der Waals surface area contributed by atoms with E-state index in [1.807, 2.05) is 30.7 Å². The van der Waals surface area contributed by atoms with Gasteiger partial charge in [-0.3, -0.25) is 0 Å². The summed E-state index contributed by atoms with van der Waals surface area (Å²) < 4.78 is 20.0. The van der Waals surface area contributed by atoms with Gasteiger partial charge in [0.2, 0.25) is 5.28 Å². The van der Waals surface area contributed by atoms with E-state index in [0.29, 0.717) is 11.7 Å². The molecule has 2 aromatic heterocycles. The summed E-state index contributed by atoms with van der Waals surface area (Å²) in [4.78, 5) is 8.87. The second kappa shape index (κ2) is 6.81. The first-order valence-corrected chi connectivity index (χ1v) is 10.3. The minimum atomic E-state index is -0.727. The smallest absolute Gasteiger partial charge is 0.226 e. The van der Waals surface area contributed by atoms with Crippen LogP contribution in [0.15, 0.2) is 12.3 Å². The monoisotopic (exact) mass is 408 g/mol. The summed E-state index contributed by atoms with van der Waals surface area (Å²) in [6.45, 7) is 3.60. The van der Waals surface area contributed by atoms with Crippen LogP contribution in [0.2, 0.25) is 5.28 Å². The molecule has 0 aromatic carbocycles. The van der Waals surface area contributed by atoms with Crippen molar-refractivity contribution < 1.29 is 19.3 Å². The first-order chi connectivity index (χ1) is 13.4. The Labute approximate surface area is 168 Å². The summed E-state index contributed by atoms with van der Waals surface area (Å²) in [6.07, 6.45) is 5.04. The van der Waals surface area contributed by atoms with Crippen molar-refractivity contribution in [2.75, 3.05) is 11.9 Å². The van der Waals surface area contributed by atoms with Gasteiger partial charge in [-0.2, -0.15) is 4.98 Å². The van der Waals surface area contributed by atoms with Gasteiger partial charge in [0.15, 0.2) is 12.0 Å². The molecule has 2 saturated heterocycles. The molecule has 5 rings (SSSR count). The highest BCUT2D eigenvalue weighted by molar-refractivity contribution is 6.28. The fourth-order valence-electron chi connectivity index (χ4n) is 4.62. The van der Waals surface area contributed by atoms with Crippen LogP contribution < -0.4 is 5.32 Å². The van der Waals surface area contributed by atoms with E-state index < -0.39 is 18.1 Å². The lowest BCUT2D eigenvalue weighted by Crippen LogP contribution is -2.31. The third kappa shape index (κ3) is 3.07. The van der Waals surface area contributed by atoms with E-state index in [2.05, 4.69) is 15.3 Å². The molecule has 0 amide bonds. The van der Waals surface area contributed by atoms with Crippen LogP contribution in [-0.2, 0) is 14.2 Å². The van der Waals surface area contributed by atoms with Crippen molar-refractivity contribution >= 4 is 28.5 Å². The van der Waals surface area contributed by atoms with E-state index in [1.165, 1.54) is 12.8 Å². The average molecular weight is 409 g/mol. The molecule has 0 unspecified atom stereocenters. The molecular formula is C19H25ClN4O4. The Bertz CT molecular complexity index is 882. The summed E-state index contributed by atoms with van der Waals surface area (Å²) in [6, 6.07) is 2.38. The standard InChI is InChI=1S/C19H25ClN4O4/c1-19(2)27-13-12(9-25)26-17(14(13)28-19)24-8-7-11-15(21-10-5-3-4-6-10)22-18(20)23-16(11)24/h7-8,10,12-14,17,25H,3-6,9H2,1-2H3,(H,21,22,23)/t12-,13-,14-,17-/m1/s1. The Kier molecular flexibility index (Phi) is 4.52. The summed E-state index contributed by atoms with van der Waals surface area (Å²) in [7, 11) is 0. The Morgan fingerprint density at radius 1 is 1.25 bits per heavy atom. The molecule has 4 heterocycles. The second-order valence-corrected chi connectivity index (χ2v) is 8.58. The molecule has 4 atom stereocenters. The first-order valence-electron chi connectivity index (χ1n) is 9.88. The highest BCUT2D eigenvalue weighted by Gasteiger charge is 2.55. The van der Waals surface area contributed by atoms with Gasteiger partial charge in [-0.1, -0.05) is 12.8 Å². The van der Waals surface area contributed by atoms with Crippen LogP contribution in [-0.4, -0.2) is 56.4 Å². The van der Waals surface area contributed by atoms with Gasteiger partial charge in [0.25, 0.3) is 0 Å². The summed E-state index contributed by atoms with van der Waals surface area (Å²) in [5.41, 5.74) is 0.677. The number of aliphatic hydroxyl groups excluding tert-OH is 1. The van der Waals surface area contributed by atoms with Crippen LogP contribution in [0.4, 0.5) is 5.82 Å². The van der Waals surface area contributed by atoms with Gasteiger partial charge in [-0.05, 0) is 44.4 Å². The van der Waals surface area contributed by atoms with Crippen molar-refractivity contribution in [2.45, 2.75) is 75.9 Å². The Morgan fingerprint density at radius 2 is 2.00 bits per heavy atom. The number of anilines is 1. The molecule has 1 aliphatic carbocycles. The minimum absolute atomic E-state index is 0.138. The van der Waals surface area contributed by atoms with Gasteiger partial charge in [0.1, 0.15) is 29.8 Å². The summed E-state index contributed by atoms with van der Waals surface area (Å²) >= 11 is 6.25. The molecule has 8 nitrogen and oxygen atoms in total. The van der Waals surface area contributed by atoms with Crippen LogP contribution in [0.5, 0.6) is 0 Å². The predicted molar refractivity (Wildman–Crippen MR) is 103 cm³/mol. The lowest BCUT2D eigenvalue weighted by Gasteiger charge is -2.24. The third-order valence-electron chi connectivity index (χ3n) is 5.82. The van der Waals surface area contributed by atoms with Crippen molar-refractivity contribution in [3.05, 3.63) is 17.5 Å². The van der Waals surface area contributed by atoms with Gasteiger partial charge < -0.3 is 29.2 Å². The zero-order chi connectivity index (χ0) is 19.5. The number of rotatable bonds is 4. The maximum atomic E-state index is 9.73. The molecule has 3 fully saturated rings. The van der Waals surface area contributed by atoms with Crippen LogP contribution in [0.25, 0.3) is 11.0 Å². The zero-order valence-electron chi connectivity index (χ0n) is 16.0. The van der Waals surface area contributed by atoms with E-state index in [9.17, 15) is 5.11 Å². The number of hydrogen-bond donors (Lipinski definition) is 2. The number of ether oxygens (including phenoxy) is 3. The highest BCUT2D eigenvalue weighted by Crippen LogP contribution is 2.44. The molecule has 3 aliphatic rings. The van der Waals surface area contributed by atoms with E-state index in [4.69, 9.17) is 25.8 Å². The topological polar surface area (TPSA) is 90.7 Å². The van der Waals surface area contributed by atoms with Crippen LogP contribution in [0.1, 0.15) is 45.8 Å². The van der Waals surface area contributed by atoms with Crippen molar-refractivity contribution in [1.29, 1.82) is 0 Å². The highest BCUT2D eigenvalue weighted by atomic mass is 35.5. The number of nitrogens with zero attached hydrogens (tertiary/aromatic N) is 3. The number of hydrogen-bond acceptors (Lipinski definition) is 7. The van der Waals surface area contributed by atoms with Gasteiger partial charge >= 0.3 is 0 Å². The fourth-order valence-corrected chi connectivity index (χ4v) is 4.78. The van der Waals surface area contributed by atoms with Crippen molar-refractivity contribution in [3.8, 4) is 0 Å². The lowest BCUT2D eigenvalue weighted by molar-refractivity contribution is -0.199. The van der Waals surface area contributed by atoms with Gasteiger partial charge in [0, 0.05) is 12.2 Å². The predicted octanol–water partition coefficient (Wildman–Crippen LogP) is 2.85. The maximum absolute atomic E-state index is 9.73. The number of nitrogens with one attached hydrogen (secondary N) is 1.